The Hall–Kier alpha value is -0.530. The molecular formula is C7H14O6. The molecule has 0 radical (unpaired) electrons. The molecular weight excluding hydrogens is 180 g/mol. The van der Waals surface area contributed by atoms with Gasteiger partial charge in [-0.15, -0.1) is 0 Å². The summed E-state index contributed by atoms with van der Waals surface area (Å²) in [5, 5.41) is 36.0. The molecule has 0 saturated heterocycles. The van der Waals surface area contributed by atoms with Crippen LogP contribution in [0.5, 0.6) is 0 Å². The quantitative estimate of drug-likeness (QED) is 0.342. The largest absolute Gasteiger partial charge is 0.388 e. The highest BCUT2D eigenvalue weighted by Crippen LogP contribution is 2.03. The van der Waals surface area contributed by atoms with Crippen LogP contribution in [0.15, 0.2) is 0 Å². The van der Waals surface area contributed by atoms with Crippen molar-refractivity contribution in [2.24, 2.45) is 0 Å². The van der Waals surface area contributed by atoms with Gasteiger partial charge in [-0.1, -0.05) is 0 Å². The van der Waals surface area contributed by atoms with Crippen LogP contribution in [0.3, 0.4) is 0 Å². The van der Waals surface area contributed by atoms with Gasteiger partial charge in [0.05, 0.1) is 6.61 Å². The second kappa shape index (κ2) is 6.01. The maximum absolute atomic E-state index is 10.00. The molecule has 6 nitrogen and oxygen atoms in total. The molecule has 0 aliphatic rings. The number of hydrogen-bond donors (Lipinski definition) is 4. The van der Waals surface area contributed by atoms with Crippen molar-refractivity contribution < 1.29 is 30.0 Å². The summed E-state index contributed by atoms with van der Waals surface area (Å²) >= 11 is 0. The van der Waals surface area contributed by atoms with Crippen molar-refractivity contribution in [3.8, 4) is 0 Å². The number of methoxy groups -OCH3 is 1. The zero-order valence-electron chi connectivity index (χ0n) is 7.20. The topological polar surface area (TPSA) is 107 Å². The molecule has 4 atom stereocenters. The number of hydrogen-bond acceptors (Lipinski definition) is 6. The minimum Gasteiger partial charge on any atom is -0.388 e. The molecule has 0 saturated carbocycles. The Kier molecular flexibility index (Phi) is 5.76. The molecule has 0 aromatic rings. The molecule has 4 N–H and O–H groups in total. The molecule has 78 valence electrons. The van der Waals surface area contributed by atoms with Gasteiger partial charge < -0.3 is 30.0 Å². The molecule has 0 aromatic heterocycles. The molecule has 0 aliphatic heterocycles. The Bertz CT molecular complexity index is 150. The van der Waals surface area contributed by atoms with Crippen molar-refractivity contribution in [3.63, 3.8) is 0 Å². The second-order valence-corrected chi connectivity index (χ2v) is 2.63. The van der Waals surface area contributed by atoms with Gasteiger partial charge in [-0.2, -0.15) is 0 Å². The van der Waals surface area contributed by atoms with Gasteiger partial charge in [-0.05, 0) is 0 Å². The number of aldehydes is 1. The summed E-state index contributed by atoms with van der Waals surface area (Å²) in [6, 6.07) is 0. The first-order valence-electron chi connectivity index (χ1n) is 3.71. The van der Waals surface area contributed by atoms with Crippen LogP contribution in [0.4, 0.5) is 0 Å². The van der Waals surface area contributed by atoms with Crippen LogP contribution < -0.4 is 0 Å². The van der Waals surface area contributed by atoms with Crippen LogP contribution >= 0.6 is 0 Å². The second-order valence-electron chi connectivity index (χ2n) is 2.63. The molecule has 0 amide bonds. The van der Waals surface area contributed by atoms with Crippen molar-refractivity contribution in [1.29, 1.82) is 0 Å². The van der Waals surface area contributed by atoms with E-state index < -0.39 is 24.4 Å². The molecule has 6 heteroatoms. The van der Waals surface area contributed by atoms with Gasteiger partial charge in [0.25, 0.3) is 0 Å². The summed E-state index contributed by atoms with van der Waals surface area (Å²) in [5.41, 5.74) is 0. The molecule has 0 heterocycles. The maximum Gasteiger partial charge on any atom is 0.151 e. The first-order valence-corrected chi connectivity index (χ1v) is 3.71. The first kappa shape index (κ1) is 12.5. The van der Waals surface area contributed by atoms with E-state index in [1.165, 1.54) is 7.11 Å². The van der Waals surface area contributed by atoms with Crippen LogP contribution in [0.25, 0.3) is 0 Å². The third kappa shape index (κ3) is 3.79. The fourth-order valence-corrected chi connectivity index (χ4v) is 0.779. The molecule has 0 aliphatic carbocycles. The number of carbonyl (C=O) groups is 1. The molecule has 13 heavy (non-hydrogen) atoms. The van der Waals surface area contributed by atoms with E-state index in [0.29, 0.717) is 0 Å². The van der Waals surface area contributed by atoms with Crippen LogP contribution in [0.1, 0.15) is 0 Å². The van der Waals surface area contributed by atoms with Gasteiger partial charge in [0.2, 0.25) is 0 Å². The lowest BCUT2D eigenvalue weighted by Gasteiger charge is -2.23. The highest BCUT2D eigenvalue weighted by atomic mass is 16.5. The summed E-state index contributed by atoms with van der Waals surface area (Å²) in [5.74, 6) is 0. The van der Waals surface area contributed by atoms with E-state index in [4.69, 9.17) is 20.4 Å². The Morgan fingerprint density at radius 3 is 2.15 bits per heavy atom. The van der Waals surface area contributed by atoms with E-state index in [1.807, 2.05) is 0 Å². The van der Waals surface area contributed by atoms with Gasteiger partial charge in [0.1, 0.15) is 24.4 Å². The fraction of sp³-hybridized carbons (Fsp3) is 0.857. The monoisotopic (exact) mass is 194 g/mol. The summed E-state index contributed by atoms with van der Waals surface area (Å²) in [6.45, 7) is -0.191. The zero-order valence-corrected chi connectivity index (χ0v) is 7.20. The molecule has 0 spiro atoms. The van der Waals surface area contributed by atoms with E-state index in [2.05, 4.69) is 4.74 Å². The fourth-order valence-electron chi connectivity index (χ4n) is 0.779. The van der Waals surface area contributed by atoms with Crippen LogP contribution in [0.2, 0.25) is 0 Å². The standard InChI is InChI=1S/C7H14O6/c1-13-3-5(10)7(12)6(11)4(9)2-8/h2,4-7,9-12H,3H2,1H3/t4-,5+,6+,7-/m1/s1. The van der Waals surface area contributed by atoms with Crippen LogP contribution in [-0.4, -0.2) is 64.8 Å². The predicted octanol–water partition coefficient (Wildman–Crippen LogP) is -2.72. The third-order valence-electron chi connectivity index (χ3n) is 1.57. The highest BCUT2D eigenvalue weighted by molar-refractivity contribution is 5.56. The van der Waals surface area contributed by atoms with Gasteiger partial charge in [0, 0.05) is 7.11 Å². The van der Waals surface area contributed by atoms with Gasteiger partial charge in [-0.25, -0.2) is 0 Å². The normalized spacial score (nSPS) is 20.4. The summed E-state index contributed by atoms with van der Waals surface area (Å²) in [6.07, 6.45) is -6.29. The number of aliphatic hydroxyl groups excluding tert-OH is 4. The number of carbonyl (C=O) groups excluding carboxylic acids is 1. The highest BCUT2D eigenvalue weighted by Gasteiger charge is 2.29. The zero-order chi connectivity index (χ0) is 10.4. The van der Waals surface area contributed by atoms with Gasteiger partial charge in [0.15, 0.2) is 6.29 Å². The minimum absolute atomic E-state index is 0.0768. The van der Waals surface area contributed by atoms with E-state index in [9.17, 15) is 4.79 Å². The van der Waals surface area contributed by atoms with Gasteiger partial charge in [-0.3, -0.25) is 0 Å². The summed E-state index contributed by atoms with van der Waals surface area (Å²) in [7, 11) is 1.30. The van der Waals surface area contributed by atoms with Crippen LogP contribution in [-0.2, 0) is 9.53 Å². The average molecular weight is 194 g/mol. The Labute approximate surface area is 75.4 Å². The maximum atomic E-state index is 10.00. The van der Waals surface area contributed by atoms with E-state index in [1.54, 1.807) is 0 Å². The smallest absolute Gasteiger partial charge is 0.151 e. The third-order valence-corrected chi connectivity index (χ3v) is 1.57. The van der Waals surface area contributed by atoms with Crippen molar-refractivity contribution in [2.45, 2.75) is 24.4 Å². The van der Waals surface area contributed by atoms with Crippen molar-refractivity contribution in [1.82, 2.24) is 0 Å². The molecule has 0 unspecified atom stereocenters. The minimum atomic E-state index is -1.71. The van der Waals surface area contributed by atoms with E-state index in [-0.39, 0.29) is 12.9 Å². The van der Waals surface area contributed by atoms with Crippen molar-refractivity contribution in [3.05, 3.63) is 0 Å². The Morgan fingerprint density at radius 2 is 1.77 bits per heavy atom. The number of ether oxygens (including phenoxy) is 1. The lowest BCUT2D eigenvalue weighted by Crippen LogP contribution is -2.46. The number of rotatable bonds is 6. The average Bonchev–Trinajstić information content (AvgIpc) is 2.14. The predicted molar refractivity (Wildman–Crippen MR) is 42.0 cm³/mol. The molecule has 0 aromatic carbocycles. The molecule has 0 fully saturated rings. The lowest BCUT2D eigenvalue weighted by atomic mass is 10.0. The molecule has 0 rings (SSSR count). The van der Waals surface area contributed by atoms with Crippen molar-refractivity contribution in [2.75, 3.05) is 13.7 Å². The van der Waals surface area contributed by atoms with Crippen molar-refractivity contribution >= 4 is 6.29 Å². The summed E-state index contributed by atoms with van der Waals surface area (Å²) < 4.78 is 4.50. The molecule has 0 bridgehead atoms. The Balaban J connectivity index is 4.06. The first-order chi connectivity index (χ1) is 6.04. The van der Waals surface area contributed by atoms with Gasteiger partial charge >= 0.3 is 0 Å². The lowest BCUT2D eigenvalue weighted by molar-refractivity contribution is -0.137. The van der Waals surface area contributed by atoms with E-state index in [0.717, 1.165) is 0 Å². The SMILES string of the molecule is COC[C@H](O)[C@@H](O)[C@@H](O)[C@H](O)C=O. The summed E-state index contributed by atoms with van der Waals surface area (Å²) in [4.78, 5) is 10.00. The Morgan fingerprint density at radius 1 is 1.23 bits per heavy atom. The number of aliphatic hydroxyl groups is 4. The van der Waals surface area contributed by atoms with E-state index >= 15 is 0 Å². The van der Waals surface area contributed by atoms with Crippen LogP contribution in [0, 0.1) is 0 Å².